The second kappa shape index (κ2) is 4.02. The van der Waals surface area contributed by atoms with E-state index in [9.17, 15) is 0 Å². The lowest BCUT2D eigenvalue weighted by Gasteiger charge is -2.04. The molecule has 0 unspecified atom stereocenters. The van der Waals surface area contributed by atoms with Crippen molar-refractivity contribution in [2.45, 2.75) is 19.9 Å². The Kier molecular flexibility index (Phi) is 3.00. The van der Waals surface area contributed by atoms with Crippen LogP contribution in [0.3, 0.4) is 0 Å². The second-order valence-electron chi connectivity index (χ2n) is 2.96. The molecule has 2 N–H and O–H groups in total. The summed E-state index contributed by atoms with van der Waals surface area (Å²) in [5, 5.41) is 0. The van der Waals surface area contributed by atoms with Crippen LogP contribution in [0.25, 0.3) is 6.08 Å². The van der Waals surface area contributed by atoms with Crippen molar-refractivity contribution >= 4 is 6.08 Å². The minimum atomic E-state index is 0.116. The van der Waals surface area contributed by atoms with Crippen LogP contribution in [0, 0.1) is 0 Å². The van der Waals surface area contributed by atoms with Gasteiger partial charge in [0.1, 0.15) is 0 Å². The van der Waals surface area contributed by atoms with Crippen molar-refractivity contribution in [3.05, 3.63) is 35.7 Å². The van der Waals surface area contributed by atoms with Crippen molar-refractivity contribution in [1.29, 1.82) is 0 Å². The van der Waals surface area contributed by atoms with Gasteiger partial charge in [0.2, 0.25) is 0 Å². The van der Waals surface area contributed by atoms with Crippen LogP contribution in [0.4, 0.5) is 0 Å². The average molecular weight is 162 g/mol. The lowest BCUT2D eigenvalue weighted by Crippen LogP contribution is -2.15. The molecule has 1 atom stereocenters. The molecule has 0 aliphatic rings. The Hall–Kier alpha value is -1.15. The van der Waals surface area contributed by atoms with E-state index < -0.39 is 0 Å². The van der Waals surface area contributed by atoms with Crippen molar-refractivity contribution in [1.82, 2.24) is 4.98 Å². The van der Waals surface area contributed by atoms with Crippen LogP contribution in [0.5, 0.6) is 0 Å². The first-order valence-corrected chi connectivity index (χ1v) is 4.04. The molecule has 0 fully saturated rings. The van der Waals surface area contributed by atoms with Crippen LogP contribution < -0.4 is 5.73 Å². The van der Waals surface area contributed by atoms with E-state index in [1.54, 1.807) is 6.20 Å². The fourth-order valence-corrected chi connectivity index (χ4v) is 0.856. The van der Waals surface area contributed by atoms with Gasteiger partial charge in [0.25, 0.3) is 0 Å². The van der Waals surface area contributed by atoms with Gasteiger partial charge in [-0.25, -0.2) is 0 Å². The molecule has 0 amide bonds. The molecule has 0 spiro atoms. The van der Waals surface area contributed by atoms with E-state index in [4.69, 9.17) is 5.73 Å². The first kappa shape index (κ1) is 8.94. The Morgan fingerprint density at radius 2 is 2.42 bits per heavy atom. The number of nitrogens with zero attached hydrogens (tertiary/aromatic N) is 1. The van der Waals surface area contributed by atoms with Crippen LogP contribution in [0.15, 0.2) is 30.1 Å². The third-order valence-electron chi connectivity index (χ3n) is 1.80. The maximum Gasteiger partial charge on any atom is 0.0340 e. The Balaban J connectivity index is 2.81. The van der Waals surface area contributed by atoms with Gasteiger partial charge in [-0.15, -0.1) is 0 Å². The largest absolute Gasteiger partial charge is 0.324 e. The summed E-state index contributed by atoms with van der Waals surface area (Å²) in [7, 11) is 0. The summed E-state index contributed by atoms with van der Waals surface area (Å²) in [5.41, 5.74) is 7.97. The number of pyridine rings is 1. The van der Waals surface area contributed by atoms with Crippen LogP contribution in [0.2, 0.25) is 0 Å². The molecule has 0 radical (unpaired) electrons. The highest BCUT2D eigenvalue weighted by atomic mass is 14.6. The predicted molar refractivity (Wildman–Crippen MR) is 51.5 cm³/mol. The van der Waals surface area contributed by atoms with Gasteiger partial charge in [0.15, 0.2) is 0 Å². The fourth-order valence-electron chi connectivity index (χ4n) is 0.856. The highest BCUT2D eigenvalue weighted by molar-refractivity contribution is 5.51. The van der Waals surface area contributed by atoms with Gasteiger partial charge in [0, 0.05) is 18.4 Å². The molecule has 1 aromatic heterocycles. The number of aromatic nitrogens is 1. The standard InChI is InChI=1S/C10H14N2/c1-8(9(2)11)6-10-4-3-5-12-7-10/h3-7,9H,11H2,1-2H3/b8-6+/t9-/m1/s1. The molecule has 12 heavy (non-hydrogen) atoms. The molecule has 64 valence electrons. The molecule has 2 heteroatoms. The molecule has 1 heterocycles. The zero-order valence-corrected chi connectivity index (χ0v) is 7.49. The summed E-state index contributed by atoms with van der Waals surface area (Å²) >= 11 is 0. The van der Waals surface area contributed by atoms with Crippen molar-refractivity contribution in [3.8, 4) is 0 Å². The summed E-state index contributed by atoms with van der Waals surface area (Å²) in [6.45, 7) is 4.00. The minimum Gasteiger partial charge on any atom is -0.324 e. The Morgan fingerprint density at radius 1 is 1.67 bits per heavy atom. The van der Waals surface area contributed by atoms with Gasteiger partial charge in [-0.3, -0.25) is 4.98 Å². The first-order valence-electron chi connectivity index (χ1n) is 4.04. The fraction of sp³-hybridized carbons (Fsp3) is 0.300. The van der Waals surface area contributed by atoms with E-state index in [1.807, 2.05) is 32.2 Å². The van der Waals surface area contributed by atoms with Gasteiger partial charge >= 0.3 is 0 Å². The van der Waals surface area contributed by atoms with E-state index in [-0.39, 0.29) is 6.04 Å². The average Bonchev–Trinajstić information content (AvgIpc) is 2.06. The molecule has 0 aliphatic carbocycles. The van der Waals surface area contributed by atoms with E-state index in [1.165, 1.54) is 5.57 Å². The molecule has 2 nitrogen and oxygen atoms in total. The Labute approximate surface area is 73.1 Å². The van der Waals surface area contributed by atoms with E-state index in [2.05, 4.69) is 11.1 Å². The third-order valence-corrected chi connectivity index (χ3v) is 1.80. The summed E-state index contributed by atoms with van der Waals surface area (Å²) < 4.78 is 0. The molecular weight excluding hydrogens is 148 g/mol. The summed E-state index contributed by atoms with van der Waals surface area (Å²) in [4.78, 5) is 4.01. The zero-order chi connectivity index (χ0) is 8.97. The van der Waals surface area contributed by atoms with Gasteiger partial charge in [-0.2, -0.15) is 0 Å². The molecule has 1 aromatic rings. The normalized spacial score (nSPS) is 14.4. The lowest BCUT2D eigenvalue weighted by molar-refractivity contribution is 0.868. The molecule has 1 rings (SSSR count). The Bertz CT molecular complexity index is 262. The van der Waals surface area contributed by atoms with Crippen molar-refractivity contribution in [3.63, 3.8) is 0 Å². The molecule has 0 saturated carbocycles. The maximum absolute atomic E-state index is 5.70. The number of hydrogen-bond donors (Lipinski definition) is 1. The monoisotopic (exact) mass is 162 g/mol. The lowest BCUT2D eigenvalue weighted by atomic mass is 10.1. The molecule has 0 saturated heterocycles. The van der Waals surface area contributed by atoms with E-state index in [0.29, 0.717) is 0 Å². The topological polar surface area (TPSA) is 38.9 Å². The van der Waals surface area contributed by atoms with Gasteiger partial charge in [0.05, 0.1) is 0 Å². The maximum atomic E-state index is 5.70. The predicted octanol–water partition coefficient (Wildman–Crippen LogP) is 1.83. The summed E-state index contributed by atoms with van der Waals surface area (Å²) in [6.07, 6.45) is 5.64. The van der Waals surface area contributed by atoms with Crippen molar-refractivity contribution in [2.75, 3.05) is 0 Å². The number of rotatable bonds is 2. The van der Waals surface area contributed by atoms with E-state index in [0.717, 1.165) is 5.56 Å². The smallest absolute Gasteiger partial charge is 0.0340 e. The first-order chi connectivity index (χ1) is 5.70. The SMILES string of the molecule is C/C(=C\c1cccnc1)[C@@H](C)N. The molecule has 0 aliphatic heterocycles. The molecule has 0 aromatic carbocycles. The third kappa shape index (κ3) is 2.47. The quantitative estimate of drug-likeness (QED) is 0.720. The summed E-state index contributed by atoms with van der Waals surface area (Å²) in [6, 6.07) is 4.05. The second-order valence-corrected chi connectivity index (χ2v) is 2.96. The Morgan fingerprint density at radius 3 is 2.92 bits per heavy atom. The zero-order valence-electron chi connectivity index (χ0n) is 7.49. The van der Waals surface area contributed by atoms with Gasteiger partial charge in [-0.1, -0.05) is 17.7 Å². The van der Waals surface area contributed by atoms with Crippen molar-refractivity contribution in [2.24, 2.45) is 5.73 Å². The highest BCUT2D eigenvalue weighted by Gasteiger charge is 1.95. The van der Waals surface area contributed by atoms with E-state index >= 15 is 0 Å². The highest BCUT2D eigenvalue weighted by Crippen LogP contribution is 2.06. The minimum absolute atomic E-state index is 0.116. The van der Waals surface area contributed by atoms with Crippen LogP contribution in [-0.4, -0.2) is 11.0 Å². The molecular formula is C10H14N2. The molecule has 0 bridgehead atoms. The van der Waals surface area contributed by atoms with Crippen LogP contribution in [-0.2, 0) is 0 Å². The number of hydrogen-bond acceptors (Lipinski definition) is 2. The summed E-state index contributed by atoms with van der Waals surface area (Å²) in [5.74, 6) is 0. The number of nitrogens with two attached hydrogens (primary N) is 1. The van der Waals surface area contributed by atoms with Gasteiger partial charge < -0.3 is 5.73 Å². The van der Waals surface area contributed by atoms with Crippen LogP contribution in [0.1, 0.15) is 19.4 Å². The van der Waals surface area contributed by atoms with Crippen LogP contribution >= 0.6 is 0 Å². The van der Waals surface area contributed by atoms with Gasteiger partial charge in [-0.05, 0) is 25.5 Å². The van der Waals surface area contributed by atoms with Crippen molar-refractivity contribution < 1.29 is 0 Å².